The van der Waals surface area contributed by atoms with Gasteiger partial charge < -0.3 is 0 Å². The number of nitrogens with zero attached hydrogens (tertiary/aromatic N) is 1. The third-order valence-electron chi connectivity index (χ3n) is 5.41. The van der Waals surface area contributed by atoms with E-state index in [1.165, 1.54) is 27.8 Å². The lowest BCUT2D eigenvalue weighted by Crippen LogP contribution is -2.02. The predicted molar refractivity (Wildman–Crippen MR) is 109 cm³/mol. The van der Waals surface area contributed by atoms with Crippen LogP contribution in [-0.2, 0) is 0 Å². The highest BCUT2D eigenvalue weighted by atomic mass is 14.3. The summed E-state index contributed by atoms with van der Waals surface area (Å²) in [7, 11) is 0. The van der Waals surface area contributed by atoms with Gasteiger partial charge in [-0.2, -0.15) is 5.26 Å². The van der Waals surface area contributed by atoms with Crippen LogP contribution in [0.5, 0.6) is 0 Å². The Balaban J connectivity index is 1.80. The van der Waals surface area contributed by atoms with Gasteiger partial charge >= 0.3 is 0 Å². The van der Waals surface area contributed by atoms with Crippen LogP contribution in [0, 0.1) is 11.3 Å². The van der Waals surface area contributed by atoms with Crippen molar-refractivity contribution in [1.82, 2.24) is 0 Å². The van der Waals surface area contributed by atoms with Crippen molar-refractivity contribution in [2.45, 2.75) is 5.92 Å². The summed E-state index contributed by atoms with van der Waals surface area (Å²) in [5.41, 5.74) is 9.50. The first-order valence-electron chi connectivity index (χ1n) is 9.14. The van der Waals surface area contributed by atoms with Gasteiger partial charge in [0.05, 0.1) is 11.6 Å². The highest BCUT2D eigenvalue weighted by Crippen LogP contribution is 2.49. The van der Waals surface area contributed by atoms with Crippen LogP contribution in [-0.4, -0.2) is 0 Å². The molecule has 0 spiro atoms. The van der Waals surface area contributed by atoms with E-state index in [-0.39, 0.29) is 5.92 Å². The molecule has 4 aromatic rings. The summed E-state index contributed by atoms with van der Waals surface area (Å²) in [5, 5.41) is 9.43. The first-order chi connectivity index (χ1) is 13.4. The van der Waals surface area contributed by atoms with Gasteiger partial charge in [-0.25, -0.2) is 0 Å². The van der Waals surface area contributed by atoms with Gasteiger partial charge in [0.25, 0.3) is 0 Å². The van der Waals surface area contributed by atoms with E-state index >= 15 is 0 Å². The standard InChI is InChI=1S/C26H17N/c27-17-18-14-15-24(25(16-18)19-8-2-1-3-9-19)26-22-12-6-4-10-20(22)21-11-5-7-13-23(21)26/h1-16,26H. The molecular formula is C26H17N. The number of nitriles is 1. The van der Waals surface area contributed by atoms with Crippen LogP contribution in [0.3, 0.4) is 0 Å². The smallest absolute Gasteiger partial charge is 0.0991 e. The molecule has 5 rings (SSSR count). The molecule has 0 N–H and O–H groups in total. The first-order valence-corrected chi connectivity index (χ1v) is 9.14. The second-order valence-electron chi connectivity index (χ2n) is 6.89. The maximum Gasteiger partial charge on any atom is 0.0991 e. The van der Waals surface area contributed by atoms with E-state index in [2.05, 4.69) is 84.9 Å². The van der Waals surface area contributed by atoms with E-state index in [0.29, 0.717) is 5.56 Å². The lowest BCUT2D eigenvalue weighted by atomic mass is 9.84. The molecule has 0 aromatic heterocycles. The molecule has 0 fully saturated rings. The Hall–Kier alpha value is -3.63. The number of fused-ring (bicyclic) bond motifs is 3. The summed E-state index contributed by atoms with van der Waals surface area (Å²) in [5.74, 6) is 0.181. The molecule has 4 aromatic carbocycles. The Morgan fingerprint density at radius 2 is 1.11 bits per heavy atom. The highest BCUT2D eigenvalue weighted by Gasteiger charge is 2.30. The van der Waals surface area contributed by atoms with Crippen molar-refractivity contribution in [1.29, 1.82) is 5.26 Å². The van der Waals surface area contributed by atoms with E-state index in [0.717, 1.165) is 11.1 Å². The van der Waals surface area contributed by atoms with Crippen molar-refractivity contribution < 1.29 is 0 Å². The molecule has 1 heteroatoms. The molecule has 0 heterocycles. The van der Waals surface area contributed by atoms with Gasteiger partial charge in [-0.3, -0.25) is 0 Å². The monoisotopic (exact) mass is 343 g/mol. The lowest BCUT2D eigenvalue weighted by molar-refractivity contribution is 1.02. The van der Waals surface area contributed by atoms with Crippen LogP contribution < -0.4 is 0 Å². The van der Waals surface area contributed by atoms with Gasteiger partial charge in [0.15, 0.2) is 0 Å². The van der Waals surface area contributed by atoms with Crippen LogP contribution in [0.25, 0.3) is 22.3 Å². The quantitative estimate of drug-likeness (QED) is 0.364. The number of hydrogen-bond acceptors (Lipinski definition) is 1. The lowest BCUT2D eigenvalue weighted by Gasteiger charge is -2.19. The minimum atomic E-state index is 0.181. The zero-order valence-corrected chi connectivity index (χ0v) is 14.8. The molecule has 1 aliphatic carbocycles. The van der Waals surface area contributed by atoms with Gasteiger partial charge in [0.1, 0.15) is 0 Å². The molecule has 0 bridgehead atoms. The van der Waals surface area contributed by atoms with Crippen molar-refractivity contribution in [2.75, 3.05) is 0 Å². The van der Waals surface area contributed by atoms with Crippen molar-refractivity contribution in [3.05, 3.63) is 119 Å². The van der Waals surface area contributed by atoms with Crippen molar-refractivity contribution in [3.63, 3.8) is 0 Å². The maximum atomic E-state index is 9.43. The average Bonchev–Trinajstić information content (AvgIpc) is 3.08. The van der Waals surface area contributed by atoms with Gasteiger partial charge in [-0.15, -0.1) is 0 Å². The Kier molecular flexibility index (Phi) is 3.62. The fourth-order valence-electron chi connectivity index (χ4n) is 4.24. The number of rotatable bonds is 2. The average molecular weight is 343 g/mol. The minimum Gasteiger partial charge on any atom is -0.192 e. The second kappa shape index (κ2) is 6.27. The molecule has 0 saturated carbocycles. The minimum absolute atomic E-state index is 0.181. The third kappa shape index (κ3) is 2.46. The molecule has 126 valence electrons. The molecule has 27 heavy (non-hydrogen) atoms. The predicted octanol–water partition coefficient (Wildman–Crippen LogP) is 6.39. The van der Waals surface area contributed by atoms with Crippen molar-refractivity contribution >= 4 is 0 Å². The largest absolute Gasteiger partial charge is 0.192 e. The topological polar surface area (TPSA) is 23.8 Å². The molecule has 0 unspecified atom stereocenters. The van der Waals surface area contributed by atoms with Crippen LogP contribution in [0.2, 0.25) is 0 Å². The van der Waals surface area contributed by atoms with E-state index in [9.17, 15) is 5.26 Å². The Labute approximate surface area is 159 Å². The van der Waals surface area contributed by atoms with E-state index in [4.69, 9.17) is 0 Å². The molecule has 0 amide bonds. The molecule has 0 radical (unpaired) electrons. The molecule has 0 atom stereocenters. The van der Waals surface area contributed by atoms with Crippen LogP contribution >= 0.6 is 0 Å². The van der Waals surface area contributed by atoms with Gasteiger partial charge in [0.2, 0.25) is 0 Å². The first kappa shape index (κ1) is 15.6. The van der Waals surface area contributed by atoms with Crippen LogP contribution in [0.1, 0.15) is 28.2 Å². The molecule has 0 aliphatic heterocycles. The van der Waals surface area contributed by atoms with E-state index < -0.39 is 0 Å². The fourth-order valence-corrected chi connectivity index (χ4v) is 4.24. The van der Waals surface area contributed by atoms with Gasteiger partial charge in [-0.1, -0.05) is 84.9 Å². The summed E-state index contributed by atoms with van der Waals surface area (Å²) < 4.78 is 0. The summed E-state index contributed by atoms with van der Waals surface area (Å²) in [6.45, 7) is 0. The molecule has 1 aliphatic rings. The zero-order chi connectivity index (χ0) is 18.2. The molecule has 0 saturated heterocycles. The zero-order valence-electron chi connectivity index (χ0n) is 14.8. The normalized spacial score (nSPS) is 12.3. The maximum absolute atomic E-state index is 9.43. The summed E-state index contributed by atoms with van der Waals surface area (Å²) in [6, 6.07) is 36.1. The highest BCUT2D eigenvalue weighted by molar-refractivity contribution is 5.83. The Morgan fingerprint density at radius 1 is 0.556 bits per heavy atom. The molecular weight excluding hydrogens is 326 g/mol. The Bertz CT molecular complexity index is 1140. The number of hydrogen-bond donors (Lipinski definition) is 0. The SMILES string of the molecule is N#Cc1ccc(C2c3ccccc3-c3ccccc32)c(-c2ccccc2)c1. The van der Waals surface area contributed by atoms with Gasteiger partial charge in [-0.05, 0) is 51.1 Å². The summed E-state index contributed by atoms with van der Waals surface area (Å²) in [4.78, 5) is 0. The Morgan fingerprint density at radius 3 is 1.74 bits per heavy atom. The van der Waals surface area contributed by atoms with E-state index in [1.807, 2.05) is 18.2 Å². The molecule has 1 nitrogen and oxygen atoms in total. The van der Waals surface area contributed by atoms with Crippen molar-refractivity contribution in [2.24, 2.45) is 0 Å². The van der Waals surface area contributed by atoms with E-state index in [1.54, 1.807) is 0 Å². The second-order valence-corrected chi connectivity index (χ2v) is 6.89. The number of benzene rings is 4. The summed E-state index contributed by atoms with van der Waals surface area (Å²) in [6.07, 6.45) is 0. The fraction of sp³-hybridized carbons (Fsp3) is 0.0385. The third-order valence-corrected chi connectivity index (χ3v) is 5.41. The van der Waals surface area contributed by atoms with Gasteiger partial charge in [0, 0.05) is 5.92 Å². The van der Waals surface area contributed by atoms with Crippen molar-refractivity contribution in [3.8, 4) is 28.3 Å². The van der Waals surface area contributed by atoms with Crippen LogP contribution in [0.15, 0.2) is 97.1 Å². The van der Waals surface area contributed by atoms with Crippen LogP contribution in [0.4, 0.5) is 0 Å². The summed E-state index contributed by atoms with van der Waals surface area (Å²) >= 11 is 0.